The van der Waals surface area contributed by atoms with Crippen LogP contribution in [0.1, 0.15) is 52.6 Å². The summed E-state index contributed by atoms with van der Waals surface area (Å²) < 4.78 is 5.25. The van der Waals surface area contributed by atoms with Crippen molar-refractivity contribution in [2.24, 2.45) is 5.73 Å². The third-order valence-corrected chi connectivity index (χ3v) is 7.11. The number of hydrogen-bond donors (Lipinski definition) is 2. The zero-order valence-corrected chi connectivity index (χ0v) is 22.6. The Balaban J connectivity index is 0.00000361. The van der Waals surface area contributed by atoms with Crippen molar-refractivity contribution >= 4 is 47.4 Å². The first kappa shape index (κ1) is 27.7. The van der Waals surface area contributed by atoms with Crippen LogP contribution in [0.15, 0.2) is 70.5 Å². The molecule has 0 unspecified atom stereocenters. The molecule has 190 valence electrons. The van der Waals surface area contributed by atoms with Crippen LogP contribution < -0.4 is 16.0 Å². The van der Waals surface area contributed by atoms with E-state index in [4.69, 9.17) is 10.5 Å². The van der Waals surface area contributed by atoms with Gasteiger partial charge < -0.3 is 20.7 Å². The fourth-order valence-corrected chi connectivity index (χ4v) is 5.26. The van der Waals surface area contributed by atoms with Gasteiger partial charge in [0.15, 0.2) is 0 Å². The van der Waals surface area contributed by atoms with Gasteiger partial charge in [-0.1, -0.05) is 56.8 Å². The van der Waals surface area contributed by atoms with E-state index in [1.54, 1.807) is 12.0 Å². The lowest BCUT2D eigenvalue weighted by Crippen LogP contribution is -2.33. The second-order valence-corrected chi connectivity index (χ2v) is 10.6. The highest BCUT2D eigenvalue weighted by atomic mass is 35.5. The van der Waals surface area contributed by atoms with Gasteiger partial charge in [0.05, 0.1) is 17.9 Å². The van der Waals surface area contributed by atoms with Crippen molar-refractivity contribution in [3.8, 4) is 0 Å². The number of carbonyl (C=O) groups excluding carboxylic acids is 2. The van der Waals surface area contributed by atoms with Crippen molar-refractivity contribution in [2.75, 3.05) is 30.5 Å². The van der Waals surface area contributed by atoms with Crippen molar-refractivity contribution in [3.05, 3.63) is 82.9 Å². The van der Waals surface area contributed by atoms with Crippen LogP contribution in [0.2, 0.25) is 0 Å². The minimum absolute atomic E-state index is 0. The van der Waals surface area contributed by atoms with Gasteiger partial charge in [-0.2, -0.15) is 0 Å². The molecule has 0 atom stereocenters. The maximum absolute atomic E-state index is 13.3. The molecule has 0 fully saturated rings. The van der Waals surface area contributed by atoms with E-state index in [0.29, 0.717) is 36.5 Å². The highest BCUT2D eigenvalue weighted by molar-refractivity contribution is 7.99. The van der Waals surface area contributed by atoms with E-state index >= 15 is 0 Å². The molecule has 0 bridgehead atoms. The predicted octanol–water partition coefficient (Wildman–Crippen LogP) is 5.87. The highest BCUT2D eigenvalue weighted by Crippen LogP contribution is 2.42. The second-order valence-electron chi connectivity index (χ2n) is 9.52. The molecule has 0 radical (unpaired) electrons. The summed E-state index contributed by atoms with van der Waals surface area (Å²) in [6.45, 7) is 7.54. The Morgan fingerprint density at radius 1 is 1.06 bits per heavy atom. The third kappa shape index (κ3) is 5.76. The number of nitrogens with zero attached hydrogens (tertiary/aromatic N) is 1. The number of nitrogens with one attached hydrogen (secondary N) is 1. The van der Waals surface area contributed by atoms with E-state index < -0.39 is 0 Å². The molecule has 3 N–H and O–H groups in total. The lowest BCUT2D eigenvalue weighted by molar-refractivity contribution is 0.0972. The zero-order chi connectivity index (χ0) is 25.2. The van der Waals surface area contributed by atoms with Crippen LogP contribution in [-0.4, -0.2) is 32.1 Å². The minimum atomic E-state index is -0.215. The standard InChI is InChI=1S/C28H31N3O3S.ClH/c1-28(2,3)22-15-18(17-29)9-11-20(22)26(32)30-19-10-12-23-25(16-19)35-24-8-6-5-7-21(24)27(33)31(23)13-14-34-4;/h5-12,15-16H,13-14,17,29H2,1-4H3,(H,30,32);1H. The van der Waals surface area contributed by atoms with Crippen LogP contribution in [0.25, 0.3) is 0 Å². The van der Waals surface area contributed by atoms with Gasteiger partial charge in [0, 0.05) is 41.2 Å². The van der Waals surface area contributed by atoms with Gasteiger partial charge in [0.1, 0.15) is 0 Å². The van der Waals surface area contributed by atoms with Crippen molar-refractivity contribution < 1.29 is 14.3 Å². The normalized spacial score (nSPS) is 12.8. The molecule has 2 amide bonds. The Morgan fingerprint density at radius 2 is 1.81 bits per heavy atom. The molecule has 0 aromatic heterocycles. The smallest absolute Gasteiger partial charge is 0.259 e. The second kappa shape index (κ2) is 11.5. The highest BCUT2D eigenvalue weighted by Gasteiger charge is 2.28. The van der Waals surface area contributed by atoms with Gasteiger partial charge in [-0.05, 0) is 52.9 Å². The first-order valence-corrected chi connectivity index (χ1v) is 12.4. The molecule has 3 aromatic rings. The lowest BCUT2D eigenvalue weighted by Gasteiger charge is -2.24. The van der Waals surface area contributed by atoms with Gasteiger partial charge >= 0.3 is 0 Å². The summed E-state index contributed by atoms with van der Waals surface area (Å²) in [4.78, 5) is 30.2. The van der Waals surface area contributed by atoms with E-state index in [1.165, 1.54) is 11.8 Å². The predicted molar refractivity (Wildman–Crippen MR) is 149 cm³/mol. The molecular formula is C28H32ClN3O3S. The fraction of sp³-hybridized carbons (Fsp3) is 0.286. The van der Waals surface area contributed by atoms with Crippen LogP contribution in [0.3, 0.4) is 0 Å². The average Bonchev–Trinajstić information content (AvgIpc) is 2.95. The Bertz CT molecular complexity index is 1270. The topological polar surface area (TPSA) is 84.7 Å². The minimum Gasteiger partial charge on any atom is -0.383 e. The van der Waals surface area contributed by atoms with Gasteiger partial charge in [-0.3, -0.25) is 9.59 Å². The number of carbonyl (C=O) groups is 2. The molecule has 36 heavy (non-hydrogen) atoms. The summed E-state index contributed by atoms with van der Waals surface area (Å²) >= 11 is 1.53. The number of fused-ring (bicyclic) bond motifs is 2. The molecular weight excluding hydrogens is 494 g/mol. The molecule has 0 aliphatic carbocycles. The summed E-state index contributed by atoms with van der Waals surface area (Å²) in [6, 6.07) is 19.0. The molecule has 0 spiro atoms. The van der Waals surface area contributed by atoms with Crippen LogP contribution in [-0.2, 0) is 16.7 Å². The zero-order valence-electron chi connectivity index (χ0n) is 21.0. The number of rotatable bonds is 6. The number of methoxy groups -OCH3 is 1. The van der Waals surface area contributed by atoms with Crippen molar-refractivity contribution in [3.63, 3.8) is 0 Å². The van der Waals surface area contributed by atoms with Gasteiger partial charge in [-0.25, -0.2) is 0 Å². The Hall–Kier alpha value is -2.84. The van der Waals surface area contributed by atoms with E-state index in [-0.39, 0.29) is 29.6 Å². The summed E-state index contributed by atoms with van der Waals surface area (Å²) in [5, 5.41) is 3.06. The number of benzene rings is 3. The van der Waals surface area contributed by atoms with E-state index in [1.807, 2.05) is 60.7 Å². The molecule has 0 saturated carbocycles. The number of amides is 2. The maximum atomic E-state index is 13.3. The summed E-state index contributed by atoms with van der Waals surface area (Å²) in [5.74, 6) is -0.236. The van der Waals surface area contributed by atoms with Crippen molar-refractivity contribution in [1.82, 2.24) is 0 Å². The Labute approximate surface area is 223 Å². The van der Waals surface area contributed by atoms with Gasteiger partial charge in [0.25, 0.3) is 11.8 Å². The molecule has 1 aliphatic rings. The van der Waals surface area contributed by atoms with Crippen LogP contribution in [0.4, 0.5) is 11.4 Å². The Morgan fingerprint density at radius 3 is 2.50 bits per heavy atom. The van der Waals surface area contributed by atoms with Gasteiger partial charge in [0.2, 0.25) is 0 Å². The van der Waals surface area contributed by atoms with E-state index in [0.717, 1.165) is 26.6 Å². The van der Waals surface area contributed by atoms with Gasteiger partial charge in [-0.15, -0.1) is 12.4 Å². The molecule has 3 aromatic carbocycles. The first-order chi connectivity index (χ1) is 16.7. The largest absolute Gasteiger partial charge is 0.383 e. The summed E-state index contributed by atoms with van der Waals surface area (Å²) in [7, 11) is 1.62. The van der Waals surface area contributed by atoms with Crippen LogP contribution in [0, 0.1) is 0 Å². The number of ether oxygens (including phenoxy) is 1. The number of hydrogen-bond acceptors (Lipinski definition) is 5. The first-order valence-electron chi connectivity index (χ1n) is 11.6. The van der Waals surface area contributed by atoms with Crippen LogP contribution >= 0.6 is 24.2 Å². The third-order valence-electron chi connectivity index (χ3n) is 5.98. The molecule has 6 nitrogen and oxygen atoms in total. The SMILES string of the molecule is COCCN1C(=O)c2ccccc2Sc2cc(NC(=O)c3ccc(CN)cc3C(C)(C)C)ccc21.Cl. The van der Waals surface area contributed by atoms with Crippen molar-refractivity contribution in [2.45, 2.75) is 42.5 Å². The Kier molecular flexibility index (Phi) is 8.84. The lowest BCUT2D eigenvalue weighted by atomic mass is 9.82. The summed E-state index contributed by atoms with van der Waals surface area (Å²) in [6.07, 6.45) is 0. The average molecular weight is 526 g/mol. The number of anilines is 2. The van der Waals surface area contributed by atoms with Crippen LogP contribution in [0.5, 0.6) is 0 Å². The quantitative estimate of drug-likeness (QED) is 0.420. The van der Waals surface area contributed by atoms with E-state index in [2.05, 4.69) is 26.1 Å². The number of nitrogens with two attached hydrogens (primary N) is 1. The molecule has 1 aliphatic heterocycles. The molecule has 4 rings (SSSR count). The number of halogens is 1. The molecule has 1 heterocycles. The fourth-order valence-electron chi connectivity index (χ4n) is 4.14. The van der Waals surface area contributed by atoms with E-state index in [9.17, 15) is 9.59 Å². The summed E-state index contributed by atoms with van der Waals surface area (Å²) in [5.41, 5.74) is 10.3. The molecule has 8 heteroatoms. The maximum Gasteiger partial charge on any atom is 0.259 e. The monoisotopic (exact) mass is 525 g/mol. The molecule has 0 saturated heterocycles. The van der Waals surface area contributed by atoms with Crippen molar-refractivity contribution in [1.29, 1.82) is 0 Å².